The lowest BCUT2D eigenvalue weighted by atomic mass is 10.0. The summed E-state index contributed by atoms with van der Waals surface area (Å²) in [5, 5.41) is 0. The van der Waals surface area contributed by atoms with Crippen molar-refractivity contribution in [3.63, 3.8) is 0 Å². The van der Waals surface area contributed by atoms with Crippen molar-refractivity contribution in [3.8, 4) is 0 Å². The van der Waals surface area contributed by atoms with Crippen LogP contribution in [0.3, 0.4) is 0 Å². The molecule has 2 amide bonds. The molecule has 2 N–H and O–H groups in total. The molecule has 0 radical (unpaired) electrons. The third-order valence-electron chi connectivity index (χ3n) is 3.38. The number of anilines is 1. The number of benzene rings is 1. The minimum atomic E-state index is -0.890. The number of carbonyl (C=O) groups is 2. The third kappa shape index (κ3) is 2.60. The van der Waals surface area contributed by atoms with Gasteiger partial charge in [0, 0.05) is 5.69 Å². The van der Waals surface area contributed by atoms with Gasteiger partial charge in [0.2, 0.25) is 0 Å². The predicted molar refractivity (Wildman–Crippen MR) is 76.3 cm³/mol. The molecule has 2 aliphatic rings. The number of hydrogen-bond acceptors (Lipinski definition) is 4. The van der Waals surface area contributed by atoms with Crippen LogP contribution in [0.25, 0.3) is 5.57 Å². The number of carbonyl (C=O) groups excluding carboxylic acids is 2. The number of nitrogens with two attached hydrogens (primary N) is 1. The number of hydrogen-bond donors (Lipinski definition) is 1. The second-order valence-corrected chi connectivity index (χ2v) is 4.73. The maximum Gasteiger partial charge on any atom is 0.415 e. The molecule has 1 aromatic rings. The van der Waals surface area contributed by atoms with E-state index in [-0.39, 0.29) is 6.54 Å². The monoisotopic (exact) mass is 286 g/mol. The van der Waals surface area contributed by atoms with Crippen molar-refractivity contribution in [2.24, 2.45) is 5.73 Å². The van der Waals surface area contributed by atoms with Crippen molar-refractivity contribution < 1.29 is 19.1 Å². The molecule has 6 heteroatoms. The van der Waals surface area contributed by atoms with Crippen molar-refractivity contribution in [2.75, 3.05) is 18.1 Å². The van der Waals surface area contributed by atoms with Gasteiger partial charge in [-0.1, -0.05) is 12.1 Å². The lowest BCUT2D eigenvalue weighted by molar-refractivity contribution is -0.124. The van der Waals surface area contributed by atoms with Gasteiger partial charge < -0.3 is 15.2 Å². The van der Waals surface area contributed by atoms with E-state index in [0.717, 1.165) is 11.1 Å². The number of primary amides is 1. The SMILES string of the molecule is NC(=O)C1CN(c2ccc(C3=CCOC=C3)cc2)C(=O)O1. The predicted octanol–water partition coefficient (Wildman–Crippen LogP) is 1.42. The summed E-state index contributed by atoms with van der Waals surface area (Å²) in [4.78, 5) is 24.2. The number of ether oxygens (including phenoxy) is 2. The fourth-order valence-electron chi connectivity index (χ4n) is 2.25. The molecule has 3 rings (SSSR count). The van der Waals surface area contributed by atoms with Gasteiger partial charge in [-0.2, -0.15) is 0 Å². The van der Waals surface area contributed by atoms with E-state index in [1.165, 1.54) is 4.90 Å². The van der Waals surface area contributed by atoms with Crippen LogP contribution in [-0.4, -0.2) is 31.3 Å². The molecule has 108 valence electrons. The zero-order valence-corrected chi connectivity index (χ0v) is 11.2. The van der Waals surface area contributed by atoms with Crippen LogP contribution in [0.2, 0.25) is 0 Å². The molecule has 0 spiro atoms. The minimum Gasteiger partial charge on any atom is -0.497 e. The van der Waals surface area contributed by atoms with E-state index in [0.29, 0.717) is 12.3 Å². The first-order valence-electron chi connectivity index (χ1n) is 6.51. The maximum atomic E-state index is 11.7. The summed E-state index contributed by atoms with van der Waals surface area (Å²) < 4.78 is 10.0. The molecule has 6 nitrogen and oxygen atoms in total. The van der Waals surface area contributed by atoms with Gasteiger partial charge in [0.15, 0.2) is 6.10 Å². The molecule has 0 aliphatic carbocycles. The van der Waals surface area contributed by atoms with Crippen LogP contribution in [0.5, 0.6) is 0 Å². The van der Waals surface area contributed by atoms with E-state index in [1.807, 2.05) is 36.4 Å². The first-order chi connectivity index (χ1) is 10.1. The summed E-state index contributed by atoms with van der Waals surface area (Å²) in [5.74, 6) is -0.639. The molecule has 0 saturated carbocycles. The minimum absolute atomic E-state index is 0.143. The molecule has 2 heterocycles. The Kier molecular flexibility index (Phi) is 3.35. The Morgan fingerprint density at radius 2 is 2.05 bits per heavy atom. The highest BCUT2D eigenvalue weighted by Crippen LogP contribution is 2.25. The zero-order chi connectivity index (χ0) is 14.8. The molecule has 1 atom stereocenters. The molecule has 1 aromatic carbocycles. The van der Waals surface area contributed by atoms with Crippen molar-refractivity contribution in [1.82, 2.24) is 0 Å². The summed E-state index contributed by atoms with van der Waals surface area (Å²) in [6.07, 6.45) is 4.06. The van der Waals surface area contributed by atoms with Gasteiger partial charge in [-0.3, -0.25) is 9.69 Å². The van der Waals surface area contributed by atoms with E-state index < -0.39 is 18.1 Å². The lowest BCUT2D eigenvalue weighted by Gasteiger charge is -2.14. The quantitative estimate of drug-likeness (QED) is 0.911. The standard InChI is InChI=1S/C15H14N2O4/c16-14(18)13-9-17(15(19)21-13)12-3-1-10(2-4-12)11-5-7-20-8-6-11/h1-7,13H,8-9H2,(H2,16,18). The highest BCUT2D eigenvalue weighted by atomic mass is 16.6. The zero-order valence-electron chi connectivity index (χ0n) is 11.2. The number of allylic oxidation sites excluding steroid dienone is 2. The third-order valence-corrected chi connectivity index (χ3v) is 3.38. The Morgan fingerprint density at radius 3 is 2.62 bits per heavy atom. The molecular formula is C15H14N2O4. The molecular weight excluding hydrogens is 272 g/mol. The van der Waals surface area contributed by atoms with Crippen LogP contribution in [0.4, 0.5) is 10.5 Å². The first-order valence-corrected chi connectivity index (χ1v) is 6.51. The summed E-state index contributed by atoms with van der Waals surface area (Å²) in [5.41, 5.74) is 7.91. The van der Waals surface area contributed by atoms with Crippen LogP contribution < -0.4 is 10.6 Å². The molecule has 0 bridgehead atoms. The fourth-order valence-corrected chi connectivity index (χ4v) is 2.25. The lowest BCUT2D eigenvalue weighted by Crippen LogP contribution is -2.32. The van der Waals surface area contributed by atoms with Crippen molar-refractivity contribution in [1.29, 1.82) is 0 Å². The molecule has 2 aliphatic heterocycles. The average Bonchev–Trinajstić information content (AvgIpc) is 2.91. The second kappa shape index (κ2) is 5.32. The molecule has 0 aromatic heterocycles. The van der Waals surface area contributed by atoms with Crippen LogP contribution in [0, 0.1) is 0 Å². The summed E-state index contributed by atoms with van der Waals surface area (Å²) >= 11 is 0. The van der Waals surface area contributed by atoms with Gasteiger partial charge in [-0.05, 0) is 35.4 Å². The van der Waals surface area contributed by atoms with Gasteiger partial charge in [0.05, 0.1) is 12.8 Å². The highest BCUT2D eigenvalue weighted by molar-refractivity contribution is 5.95. The number of cyclic esters (lactones) is 1. The van der Waals surface area contributed by atoms with E-state index in [1.54, 1.807) is 6.26 Å². The highest BCUT2D eigenvalue weighted by Gasteiger charge is 2.35. The van der Waals surface area contributed by atoms with Crippen molar-refractivity contribution in [2.45, 2.75) is 6.10 Å². The topological polar surface area (TPSA) is 81.9 Å². The Labute approximate surface area is 121 Å². The normalized spacial score (nSPS) is 20.8. The fraction of sp³-hybridized carbons (Fsp3) is 0.200. The number of nitrogens with zero attached hydrogens (tertiary/aromatic N) is 1. The Balaban J connectivity index is 1.78. The van der Waals surface area contributed by atoms with Gasteiger partial charge in [-0.15, -0.1) is 0 Å². The Hall–Kier alpha value is -2.76. The maximum absolute atomic E-state index is 11.7. The van der Waals surface area contributed by atoms with E-state index in [9.17, 15) is 9.59 Å². The first kappa shape index (κ1) is 13.2. The van der Waals surface area contributed by atoms with E-state index in [2.05, 4.69) is 0 Å². The molecule has 21 heavy (non-hydrogen) atoms. The van der Waals surface area contributed by atoms with Crippen molar-refractivity contribution in [3.05, 3.63) is 48.2 Å². The van der Waals surface area contributed by atoms with Crippen LogP contribution in [0.1, 0.15) is 5.56 Å². The van der Waals surface area contributed by atoms with Gasteiger partial charge in [0.25, 0.3) is 5.91 Å². The van der Waals surface area contributed by atoms with Crippen molar-refractivity contribution >= 4 is 23.3 Å². The van der Waals surface area contributed by atoms with Crippen LogP contribution >= 0.6 is 0 Å². The Bertz CT molecular complexity index is 634. The molecule has 1 fully saturated rings. The average molecular weight is 286 g/mol. The smallest absolute Gasteiger partial charge is 0.415 e. The second-order valence-electron chi connectivity index (χ2n) is 4.73. The van der Waals surface area contributed by atoms with Crippen LogP contribution in [-0.2, 0) is 14.3 Å². The Morgan fingerprint density at radius 1 is 1.29 bits per heavy atom. The van der Waals surface area contributed by atoms with E-state index in [4.69, 9.17) is 15.2 Å². The van der Waals surface area contributed by atoms with Gasteiger partial charge >= 0.3 is 6.09 Å². The number of amides is 2. The molecule has 1 unspecified atom stereocenters. The van der Waals surface area contributed by atoms with Gasteiger partial charge in [0.1, 0.15) is 6.61 Å². The summed E-state index contributed by atoms with van der Waals surface area (Å²) in [6, 6.07) is 7.43. The van der Waals surface area contributed by atoms with Crippen LogP contribution in [0.15, 0.2) is 42.7 Å². The summed E-state index contributed by atoms with van der Waals surface area (Å²) in [7, 11) is 0. The largest absolute Gasteiger partial charge is 0.497 e. The number of rotatable bonds is 3. The summed E-state index contributed by atoms with van der Waals surface area (Å²) in [6.45, 7) is 0.691. The van der Waals surface area contributed by atoms with E-state index >= 15 is 0 Å². The molecule has 1 saturated heterocycles. The van der Waals surface area contributed by atoms with Gasteiger partial charge in [-0.25, -0.2) is 4.79 Å².